The van der Waals surface area contributed by atoms with Gasteiger partial charge in [-0.1, -0.05) is 72.3 Å². The summed E-state index contributed by atoms with van der Waals surface area (Å²) in [4.78, 5) is 19.8. The molecule has 1 N–H and O–H groups in total. The normalized spacial score (nSPS) is 15.8. The average molecular weight is 400 g/mol. The molecule has 0 bridgehead atoms. The fourth-order valence-corrected chi connectivity index (χ4v) is 4.03. The predicted octanol–water partition coefficient (Wildman–Crippen LogP) is 5.65. The van der Waals surface area contributed by atoms with Gasteiger partial charge in [0.25, 0.3) is 5.91 Å². The van der Waals surface area contributed by atoms with Crippen LogP contribution in [0.4, 0.5) is 5.69 Å². The van der Waals surface area contributed by atoms with Gasteiger partial charge in [-0.05, 0) is 29.8 Å². The van der Waals surface area contributed by atoms with E-state index in [4.69, 9.17) is 11.6 Å². The second-order valence-electron chi connectivity index (χ2n) is 7.07. The average Bonchev–Trinajstić information content (AvgIpc) is 2.76. The summed E-state index contributed by atoms with van der Waals surface area (Å²) in [7, 11) is 0. The zero-order valence-electron chi connectivity index (χ0n) is 15.5. The van der Waals surface area contributed by atoms with E-state index >= 15 is 0 Å². The number of pyridine rings is 1. The molecule has 0 saturated heterocycles. The Kier molecular flexibility index (Phi) is 4.41. The summed E-state index contributed by atoms with van der Waals surface area (Å²) in [5, 5.41) is 4.88. The third kappa shape index (κ3) is 3.22. The molecule has 1 aliphatic heterocycles. The van der Waals surface area contributed by atoms with E-state index in [2.05, 4.69) is 10.3 Å². The standard InChI is InChI=1S/C24H18ClN3O/c25-22-19(14-17-10-4-6-12-20(17)26-22)23-27-21-13-7-5-11-18(21)24(29)28(23)15-16-8-2-1-3-9-16/h1-14,23,27H,15H2. The van der Waals surface area contributed by atoms with Crippen molar-refractivity contribution in [1.29, 1.82) is 0 Å². The van der Waals surface area contributed by atoms with Crippen LogP contribution in [0.25, 0.3) is 10.9 Å². The minimum Gasteiger partial charge on any atom is -0.361 e. The number of aromatic nitrogens is 1. The molecule has 0 saturated carbocycles. The van der Waals surface area contributed by atoms with Gasteiger partial charge in [-0.3, -0.25) is 4.79 Å². The molecule has 0 radical (unpaired) electrons. The van der Waals surface area contributed by atoms with Crippen molar-refractivity contribution in [3.8, 4) is 0 Å². The molecule has 29 heavy (non-hydrogen) atoms. The Morgan fingerprint density at radius 2 is 1.66 bits per heavy atom. The molecule has 1 aliphatic rings. The lowest BCUT2D eigenvalue weighted by Crippen LogP contribution is -2.42. The molecule has 1 amide bonds. The number of nitrogens with zero attached hydrogens (tertiary/aromatic N) is 2. The lowest BCUT2D eigenvalue weighted by atomic mass is 10.0. The highest BCUT2D eigenvalue weighted by Crippen LogP contribution is 2.37. The summed E-state index contributed by atoms with van der Waals surface area (Å²) in [5.74, 6) is -0.0302. The first-order valence-corrected chi connectivity index (χ1v) is 9.84. The van der Waals surface area contributed by atoms with Crippen molar-refractivity contribution in [2.75, 3.05) is 5.32 Å². The first-order chi connectivity index (χ1) is 14.2. The van der Waals surface area contributed by atoms with Crippen LogP contribution in [0.15, 0.2) is 84.9 Å². The maximum Gasteiger partial charge on any atom is 0.258 e. The summed E-state index contributed by atoms with van der Waals surface area (Å²) in [6, 6.07) is 27.4. The molecule has 142 valence electrons. The Labute approximate surface area is 173 Å². The van der Waals surface area contributed by atoms with Crippen molar-refractivity contribution >= 4 is 34.1 Å². The van der Waals surface area contributed by atoms with Gasteiger partial charge >= 0.3 is 0 Å². The number of nitrogens with one attached hydrogen (secondary N) is 1. The van der Waals surface area contributed by atoms with Gasteiger partial charge in [-0.15, -0.1) is 0 Å². The minimum absolute atomic E-state index is 0.0302. The van der Waals surface area contributed by atoms with E-state index in [0.29, 0.717) is 17.3 Å². The lowest BCUT2D eigenvalue weighted by molar-refractivity contribution is 0.0666. The highest BCUT2D eigenvalue weighted by atomic mass is 35.5. The highest BCUT2D eigenvalue weighted by molar-refractivity contribution is 6.30. The van der Waals surface area contributed by atoms with Crippen LogP contribution >= 0.6 is 11.6 Å². The zero-order chi connectivity index (χ0) is 19.8. The molecule has 4 aromatic rings. The minimum atomic E-state index is -0.415. The number of hydrogen-bond donors (Lipinski definition) is 1. The van der Waals surface area contributed by atoms with E-state index < -0.39 is 6.17 Å². The van der Waals surface area contributed by atoms with Crippen molar-refractivity contribution in [3.63, 3.8) is 0 Å². The molecule has 5 rings (SSSR count). The maximum absolute atomic E-state index is 13.4. The van der Waals surface area contributed by atoms with Gasteiger partial charge < -0.3 is 10.2 Å². The van der Waals surface area contributed by atoms with E-state index in [-0.39, 0.29) is 5.91 Å². The maximum atomic E-state index is 13.4. The van der Waals surface area contributed by atoms with Gasteiger partial charge in [0.2, 0.25) is 0 Å². The molecule has 2 heterocycles. The smallest absolute Gasteiger partial charge is 0.258 e. The van der Waals surface area contributed by atoms with Crippen molar-refractivity contribution in [2.45, 2.75) is 12.7 Å². The molecule has 0 spiro atoms. The van der Waals surface area contributed by atoms with Gasteiger partial charge in [-0.25, -0.2) is 4.98 Å². The Hall–Kier alpha value is -3.37. The fraction of sp³-hybridized carbons (Fsp3) is 0.0833. The molecule has 1 aromatic heterocycles. The van der Waals surface area contributed by atoms with Crippen LogP contribution in [0.5, 0.6) is 0 Å². The predicted molar refractivity (Wildman–Crippen MR) is 116 cm³/mol. The van der Waals surface area contributed by atoms with Gasteiger partial charge in [0.15, 0.2) is 0 Å². The first kappa shape index (κ1) is 17.7. The number of hydrogen-bond acceptors (Lipinski definition) is 3. The molecular formula is C24H18ClN3O. The van der Waals surface area contributed by atoms with Crippen LogP contribution in [-0.2, 0) is 6.54 Å². The topological polar surface area (TPSA) is 45.2 Å². The third-order valence-corrected chi connectivity index (χ3v) is 5.52. The number of halogens is 1. The highest BCUT2D eigenvalue weighted by Gasteiger charge is 2.34. The van der Waals surface area contributed by atoms with E-state index in [1.165, 1.54) is 0 Å². The van der Waals surface area contributed by atoms with Crippen molar-refractivity contribution < 1.29 is 4.79 Å². The molecule has 1 atom stereocenters. The summed E-state index contributed by atoms with van der Waals surface area (Å²) >= 11 is 6.59. The van der Waals surface area contributed by atoms with Crippen LogP contribution in [0.3, 0.4) is 0 Å². The van der Waals surface area contributed by atoms with Gasteiger partial charge in [0.1, 0.15) is 11.3 Å². The number of benzene rings is 3. The molecule has 4 nitrogen and oxygen atoms in total. The molecular weight excluding hydrogens is 382 g/mol. The van der Waals surface area contributed by atoms with E-state index in [9.17, 15) is 4.79 Å². The number of para-hydroxylation sites is 2. The molecule has 1 unspecified atom stereocenters. The zero-order valence-corrected chi connectivity index (χ0v) is 16.3. The summed E-state index contributed by atoms with van der Waals surface area (Å²) < 4.78 is 0. The largest absolute Gasteiger partial charge is 0.361 e. The van der Waals surface area contributed by atoms with Gasteiger partial charge in [0, 0.05) is 23.2 Å². The van der Waals surface area contributed by atoms with Gasteiger partial charge in [-0.2, -0.15) is 0 Å². The number of carbonyl (C=O) groups excluding carboxylic acids is 1. The summed E-state index contributed by atoms with van der Waals surface area (Å²) in [6.07, 6.45) is -0.415. The fourth-order valence-electron chi connectivity index (χ4n) is 3.78. The van der Waals surface area contributed by atoms with Crippen LogP contribution in [0.2, 0.25) is 5.15 Å². The molecule has 0 aliphatic carbocycles. The Morgan fingerprint density at radius 1 is 0.931 bits per heavy atom. The number of carbonyl (C=O) groups is 1. The van der Waals surface area contributed by atoms with Crippen molar-refractivity contribution in [3.05, 3.63) is 107 Å². The first-order valence-electron chi connectivity index (χ1n) is 9.46. The van der Waals surface area contributed by atoms with Crippen molar-refractivity contribution in [1.82, 2.24) is 9.88 Å². The van der Waals surface area contributed by atoms with Crippen LogP contribution < -0.4 is 5.32 Å². The Morgan fingerprint density at radius 3 is 2.52 bits per heavy atom. The van der Waals surface area contributed by atoms with E-state index in [1.54, 1.807) is 0 Å². The number of fused-ring (bicyclic) bond motifs is 2. The Bertz CT molecular complexity index is 1210. The van der Waals surface area contributed by atoms with Gasteiger partial charge in [0.05, 0.1) is 11.1 Å². The quantitative estimate of drug-likeness (QED) is 0.452. The second-order valence-corrected chi connectivity index (χ2v) is 7.43. The SMILES string of the molecule is O=C1c2ccccc2NC(c2cc3ccccc3nc2Cl)N1Cc1ccccc1. The van der Waals surface area contributed by atoms with E-state index in [1.807, 2.05) is 89.8 Å². The summed E-state index contributed by atoms with van der Waals surface area (Å²) in [5.41, 5.74) is 4.13. The van der Waals surface area contributed by atoms with E-state index in [0.717, 1.165) is 27.7 Å². The van der Waals surface area contributed by atoms with Crippen LogP contribution in [0.1, 0.15) is 27.7 Å². The van der Waals surface area contributed by atoms with Crippen molar-refractivity contribution in [2.24, 2.45) is 0 Å². The second kappa shape index (κ2) is 7.22. The monoisotopic (exact) mass is 399 g/mol. The number of rotatable bonds is 3. The number of anilines is 1. The molecule has 0 fully saturated rings. The summed E-state index contributed by atoms with van der Waals surface area (Å²) in [6.45, 7) is 0.467. The third-order valence-electron chi connectivity index (χ3n) is 5.22. The molecule has 3 aromatic carbocycles. The lowest BCUT2D eigenvalue weighted by Gasteiger charge is -2.38. The van der Waals surface area contributed by atoms with Crippen LogP contribution in [0, 0.1) is 0 Å². The number of amides is 1. The van der Waals surface area contributed by atoms with Crippen LogP contribution in [-0.4, -0.2) is 15.8 Å². The molecule has 5 heteroatoms. The Balaban J connectivity index is 1.64.